The second kappa shape index (κ2) is 7.94. The van der Waals surface area contributed by atoms with Crippen LogP contribution in [0.4, 0.5) is 4.39 Å². The van der Waals surface area contributed by atoms with Gasteiger partial charge in [-0.2, -0.15) is 5.10 Å². The quantitative estimate of drug-likeness (QED) is 0.834. The van der Waals surface area contributed by atoms with Crippen molar-refractivity contribution >= 4 is 11.8 Å². The molecular formula is C21H25FN4O3. The summed E-state index contributed by atoms with van der Waals surface area (Å²) < 4.78 is 19.0. The summed E-state index contributed by atoms with van der Waals surface area (Å²) in [4.78, 5) is 29.3. The average Bonchev–Trinajstić information content (AvgIpc) is 3.39. The van der Waals surface area contributed by atoms with Crippen LogP contribution in [0.2, 0.25) is 0 Å². The van der Waals surface area contributed by atoms with Gasteiger partial charge < -0.3 is 14.5 Å². The number of rotatable bonds is 5. The number of carbonyl (C=O) groups is 2. The third kappa shape index (κ3) is 3.76. The molecule has 0 saturated carbocycles. The molecule has 154 valence electrons. The number of hydrogen-bond acceptors (Lipinski definition) is 4. The Morgan fingerprint density at radius 2 is 2.10 bits per heavy atom. The zero-order valence-electron chi connectivity index (χ0n) is 16.6. The van der Waals surface area contributed by atoms with E-state index in [1.54, 1.807) is 24.1 Å². The van der Waals surface area contributed by atoms with Gasteiger partial charge >= 0.3 is 0 Å². The Hall–Kier alpha value is -2.74. The van der Waals surface area contributed by atoms with E-state index < -0.39 is 0 Å². The maximum atomic E-state index is 13.9. The lowest BCUT2D eigenvalue weighted by Crippen LogP contribution is -2.37. The number of methoxy groups -OCH3 is 1. The largest absolute Gasteiger partial charge is 0.384 e. The number of carbonyl (C=O) groups excluding carboxylic acids is 2. The predicted octanol–water partition coefficient (Wildman–Crippen LogP) is 2.17. The molecule has 1 aromatic carbocycles. The summed E-state index contributed by atoms with van der Waals surface area (Å²) in [6.07, 6.45) is 0.289. The van der Waals surface area contributed by atoms with Gasteiger partial charge in [0, 0.05) is 44.3 Å². The standard InChI is InChI=1S/C21H25FN4O3/c1-13-8-18(24-23-13)21(28)25-10-15-11-26(19(27)6-7-29-2)20(17(15)12-25)14-4-3-5-16(22)9-14/h3-5,8-9,15,17,20H,6-7,10-12H2,1-2H3,(H,23,24)/t15-,17-,20+/m0/s1. The lowest BCUT2D eigenvalue weighted by atomic mass is 9.89. The van der Waals surface area contributed by atoms with E-state index in [0.29, 0.717) is 31.9 Å². The Kier molecular flexibility index (Phi) is 5.36. The molecule has 7 nitrogen and oxygen atoms in total. The van der Waals surface area contributed by atoms with Crippen LogP contribution in [0.1, 0.15) is 34.2 Å². The topological polar surface area (TPSA) is 78.5 Å². The molecule has 0 aliphatic carbocycles. The van der Waals surface area contributed by atoms with Crippen molar-refractivity contribution in [2.24, 2.45) is 11.8 Å². The van der Waals surface area contributed by atoms with Gasteiger partial charge in [0.2, 0.25) is 5.91 Å². The SMILES string of the molecule is COCCC(=O)N1C[C@@H]2CN(C(=O)c3cc(C)[nH]n3)C[C@@H]2[C@H]1c1cccc(F)c1. The molecule has 29 heavy (non-hydrogen) atoms. The third-order valence-corrected chi connectivity index (χ3v) is 5.91. The molecule has 2 amide bonds. The van der Waals surface area contributed by atoms with Gasteiger partial charge in [-0.05, 0) is 30.7 Å². The molecular weight excluding hydrogens is 375 g/mol. The lowest BCUT2D eigenvalue weighted by molar-refractivity contribution is -0.133. The fraction of sp³-hybridized carbons (Fsp3) is 0.476. The van der Waals surface area contributed by atoms with Crippen molar-refractivity contribution in [1.29, 1.82) is 0 Å². The number of likely N-dealkylation sites (tertiary alicyclic amines) is 2. The Labute approximate surface area is 168 Å². The number of hydrogen-bond donors (Lipinski definition) is 1. The molecule has 3 atom stereocenters. The first kappa shape index (κ1) is 19.6. The highest BCUT2D eigenvalue weighted by atomic mass is 19.1. The fourth-order valence-corrected chi connectivity index (χ4v) is 4.61. The molecule has 1 aromatic heterocycles. The Bertz CT molecular complexity index is 915. The molecule has 2 fully saturated rings. The number of aryl methyl sites for hydroxylation is 1. The van der Waals surface area contributed by atoms with Gasteiger partial charge in [-0.25, -0.2) is 4.39 Å². The molecule has 8 heteroatoms. The number of H-pyrrole nitrogens is 1. The maximum Gasteiger partial charge on any atom is 0.274 e. The summed E-state index contributed by atoms with van der Waals surface area (Å²) in [6.45, 7) is 3.84. The number of fused-ring (bicyclic) bond motifs is 1. The van der Waals surface area contributed by atoms with Crippen molar-refractivity contribution in [3.63, 3.8) is 0 Å². The van der Waals surface area contributed by atoms with Crippen LogP contribution in [0.5, 0.6) is 0 Å². The number of nitrogens with one attached hydrogen (secondary N) is 1. The predicted molar refractivity (Wildman–Crippen MR) is 104 cm³/mol. The first-order chi connectivity index (χ1) is 14.0. The van der Waals surface area contributed by atoms with E-state index in [4.69, 9.17) is 4.74 Å². The minimum absolute atomic E-state index is 0.00341. The van der Waals surface area contributed by atoms with Gasteiger partial charge in [-0.3, -0.25) is 14.7 Å². The van der Waals surface area contributed by atoms with Crippen LogP contribution in [-0.2, 0) is 9.53 Å². The van der Waals surface area contributed by atoms with E-state index in [-0.39, 0.29) is 41.9 Å². The van der Waals surface area contributed by atoms with Crippen molar-refractivity contribution in [1.82, 2.24) is 20.0 Å². The number of nitrogens with zero attached hydrogens (tertiary/aromatic N) is 3. The van der Waals surface area contributed by atoms with Crippen LogP contribution in [0, 0.1) is 24.6 Å². The molecule has 2 saturated heterocycles. The first-order valence-electron chi connectivity index (χ1n) is 9.83. The van der Waals surface area contributed by atoms with Crippen molar-refractivity contribution in [2.75, 3.05) is 33.4 Å². The number of aromatic amines is 1. The molecule has 2 aliphatic rings. The van der Waals surface area contributed by atoms with Crippen LogP contribution >= 0.6 is 0 Å². The molecule has 0 radical (unpaired) electrons. The number of aromatic nitrogens is 2. The van der Waals surface area contributed by atoms with E-state index in [1.807, 2.05) is 17.9 Å². The van der Waals surface area contributed by atoms with Gasteiger partial charge in [0.1, 0.15) is 11.5 Å². The minimum Gasteiger partial charge on any atom is -0.384 e. The summed E-state index contributed by atoms with van der Waals surface area (Å²) in [5.74, 6) is -0.227. The first-order valence-corrected chi connectivity index (χ1v) is 9.83. The number of benzene rings is 1. The van der Waals surface area contributed by atoms with E-state index >= 15 is 0 Å². The van der Waals surface area contributed by atoms with Crippen molar-refractivity contribution in [3.05, 3.63) is 53.1 Å². The Balaban J connectivity index is 1.58. The third-order valence-electron chi connectivity index (χ3n) is 5.91. The van der Waals surface area contributed by atoms with Gasteiger partial charge in [0.05, 0.1) is 19.1 Å². The highest BCUT2D eigenvalue weighted by Crippen LogP contribution is 2.45. The second-order valence-corrected chi connectivity index (χ2v) is 7.86. The van der Waals surface area contributed by atoms with Gasteiger partial charge in [-0.1, -0.05) is 12.1 Å². The van der Waals surface area contributed by atoms with Gasteiger partial charge in [0.15, 0.2) is 0 Å². The van der Waals surface area contributed by atoms with Crippen LogP contribution in [-0.4, -0.2) is 65.2 Å². The van der Waals surface area contributed by atoms with Crippen molar-refractivity contribution in [2.45, 2.75) is 19.4 Å². The molecule has 0 unspecified atom stereocenters. The minimum atomic E-state index is -0.326. The second-order valence-electron chi connectivity index (χ2n) is 7.86. The average molecular weight is 400 g/mol. The van der Waals surface area contributed by atoms with Crippen LogP contribution in [0.3, 0.4) is 0 Å². The molecule has 0 spiro atoms. The highest BCUT2D eigenvalue weighted by molar-refractivity contribution is 5.92. The maximum absolute atomic E-state index is 13.9. The summed E-state index contributed by atoms with van der Waals surface area (Å²) in [5.41, 5.74) is 2.01. The van der Waals surface area contributed by atoms with Crippen LogP contribution < -0.4 is 0 Å². The van der Waals surface area contributed by atoms with Crippen molar-refractivity contribution in [3.8, 4) is 0 Å². The smallest absolute Gasteiger partial charge is 0.274 e. The molecule has 0 bridgehead atoms. The van der Waals surface area contributed by atoms with E-state index in [0.717, 1.165) is 11.3 Å². The van der Waals surface area contributed by atoms with Crippen molar-refractivity contribution < 1.29 is 18.7 Å². The number of halogens is 1. The summed E-state index contributed by atoms with van der Waals surface area (Å²) >= 11 is 0. The molecule has 3 heterocycles. The highest BCUT2D eigenvalue weighted by Gasteiger charge is 2.50. The van der Waals surface area contributed by atoms with E-state index in [1.165, 1.54) is 12.1 Å². The molecule has 1 N–H and O–H groups in total. The monoisotopic (exact) mass is 400 g/mol. The van der Waals surface area contributed by atoms with Crippen LogP contribution in [0.25, 0.3) is 0 Å². The number of ether oxygens (including phenoxy) is 1. The summed E-state index contributed by atoms with van der Waals surface area (Å²) in [6, 6.07) is 7.90. The molecule has 2 aliphatic heterocycles. The van der Waals surface area contributed by atoms with E-state index in [2.05, 4.69) is 10.2 Å². The molecule has 4 rings (SSSR count). The van der Waals surface area contributed by atoms with Gasteiger partial charge in [0.25, 0.3) is 5.91 Å². The zero-order chi connectivity index (χ0) is 20.5. The Morgan fingerprint density at radius 3 is 2.79 bits per heavy atom. The Morgan fingerprint density at radius 1 is 1.28 bits per heavy atom. The van der Waals surface area contributed by atoms with Crippen LogP contribution in [0.15, 0.2) is 30.3 Å². The lowest BCUT2D eigenvalue weighted by Gasteiger charge is -2.30. The normalized spacial score (nSPS) is 23.5. The summed E-state index contributed by atoms with van der Waals surface area (Å²) in [5, 5.41) is 6.88. The fourth-order valence-electron chi connectivity index (χ4n) is 4.61. The zero-order valence-corrected chi connectivity index (χ0v) is 16.6. The summed E-state index contributed by atoms with van der Waals surface area (Å²) in [7, 11) is 1.57. The van der Waals surface area contributed by atoms with Gasteiger partial charge in [-0.15, -0.1) is 0 Å². The number of amides is 2. The van der Waals surface area contributed by atoms with E-state index in [9.17, 15) is 14.0 Å². The molecule has 2 aromatic rings.